The van der Waals surface area contributed by atoms with E-state index in [2.05, 4.69) is 0 Å². The Morgan fingerprint density at radius 1 is 0.164 bits per heavy atom. The largest absolute Gasteiger partial charge is 0.271 e. The molecule has 0 N–H and O–H groups in total. The Kier molecular flexibility index (Phi) is 33.2. The summed E-state index contributed by atoms with van der Waals surface area (Å²) in [5, 5.41) is -76.4. The fourth-order valence-corrected chi connectivity index (χ4v) is 482. The minimum atomic E-state index is -4.17. The van der Waals surface area contributed by atoms with Crippen LogP contribution in [0.25, 0.3) is 0 Å². The molecule has 0 saturated carbocycles. The van der Waals surface area contributed by atoms with Crippen LogP contribution in [0.1, 0.15) is 0 Å². The number of rotatable bonds is 21. The molecule has 0 aliphatic carbocycles. The molecule has 0 aliphatic heterocycles. The normalized spacial score (nSPS) is 16.8. The number of hydrogen-bond acceptors (Lipinski definition) is 45. The molecule has 0 unspecified atom stereocenters. The molecule has 0 nitrogen and oxygen atoms in total. The minimum Gasteiger partial charge on any atom is -0.271 e. The summed E-state index contributed by atoms with van der Waals surface area (Å²) in [5.41, 5.74) is 0. The summed E-state index contributed by atoms with van der Waals surface area (Å²) in [6.45, 7) is -4.17. The van der Waals surface area contributed by atoms with E-state index in [1.54, 1.807) is 0 Å². The quantitative estimate of drug-likeness (QED) is 0.0878. The molecule has 0 fully saturated rings. The van der Waals surface area contributed by atoms with Gasteiger partial charge >= 0.3 is 0 Å². The zero-order chi connectivity index (χ0) is 56.1. The molecule has 0 saturated heterocycles. The number of halogens is 1. The SMILES string of the molecule is FS(=S)(=S)S(=S)(=S)S(=S)(=S)S(=S)(=S)S(=S)(=S)S(=S)(=S)S(=S)(=S)S(=S)(=S)S(=S)(=S)S(=S)(=S)S(=S)(=S)S(=S)(=S)S(=S)(=S)S(=S)(=S)S(=S)(=S)S(=S)(=S)S(=S)(=S)S(=S)(=S)S(=S)(=S)S(=S)(=S)S(=S)(=S)[S-](=S)=S. The van der Waals surface area contributed by atoms with Crippen LogP contribution in [0.4, 0.5) is 3.89 Å². The number of hydrogen-bond donors (Lipinski definition) is 0. The smallest absolute Gasteiger partial charge is 0.131 e. The van der Waals surface area contributed by atoms with Gasteiger partial charge in [0, 0.05) is 93.8 Å². The average molecular weight is 2140 g/mol. The van der Waals surface area contributed by atoms with Gasteiger partial charge in [-0.05, 0) is 448 Å². The van der Waals surface area contributed by atoms with Crippen LogP contribution in [-0.2, 0) is 610 Å². The fourth-order valence-electron chi connectivity index (χ4n) is 2.00. The summed E-state index contributed by atoms with van der Waals surface area (Å²) in [5.74, 6) is 0. The first-order valence-corrected chi connectivity index (χ1v) is 98.0. The zero-order valence-electron chi connectivity index (χ0n) is 27.3. The molecule has 67 heavy (non-hydrogen) atoms. The molecule has 0 heterocycles. The van der Waals surface area contributed by atoms with E-state index in [4.69, 9.17) is 492 Å². The van der Waals surface area contributed by atoms with Crippen LogP contribution >= 0.6 is 0 Å². The molecule has 0 bridgehead atoms. The van der Waals surface area contributed by atoms with Gasteiger partial charge in [-0.25, -0.2) is 22.4 Å². The van der Waals surface area contributed by atoms with E-state index in [-0.39, 0.29) is 0 Å². The van der Waals surface area contributed by atoms with E-state index in [0.717, 1.165) is 0 Å². The van der Waals surface area contributed by atoms with Gasteiger partial charge in [-0.2, -0.15) is 0 Å². The van der Waals surface area contributed by atoms with Crippen molar-refractivity contribution in [3.63, 3.8) is 0 Å². The maximum Gasteiger partial charge on any atom is 0.131 e. The Labute approximate surface area is 595 Å². The molecule has 0 radical (unpaired) electrons. The van der Waals surface area contributed by atoms with Crippen molar-refractivity contribution >= 4 is 610 Å². The Bertz CT molecular complexity index is 4870. The molecule has 0 aromatic carbocycles. The lowest BCUT2D eigenvalue weighted by Gasteiger charge is -2.37. The maximum atomic E-state index is 15.3. The molecule has 0 aromatic rings. The van der Waals surface area contributed by atoms with Crippen LogP contribution in [0.3, 0.4) is 0 Å². The van der Waals surface area contributed by atoms with E-state index in [9.17, 15) is 0 Å². The lowest BCUT2D eigenvalue weighted by Crippen LogP contribution is -2.40. The third-order valence-electron chi connectivity index (χ3n) is 5.16. The van der Waals surface area contributed by atoms with E-state index in [1.807, 2.05) is 0 Å². The summed E-state index contributed by atoms with van der Waals surface area (Å²) in [6.07, 6.45) is 0. The molecule has 67 heteroatoms. The minimum absolute atomic E-state index is 1.55. The molecule has 0 amide bonds. The van der Waals surface area contributed by atoms with Gasteiger partial charge in [-0.3, -0.25) is 7.05 Å². The van der Waals surface area contributed by atoms with Gasteiger partial charge in [-0.1, -0.05) is 27.6 Å². The van der Waals surface area contributed by atoms with Gasteiger partial charge in [0.05, 0.1) is 5.21 Å². The summed E-state index contributed by atoms with van der Waals surface area (Å²) in [6, 6.07) is 0. The van der Waals surface area contributed by atoms with Crippen molar-refractivity contribution < 1.29 is 3.89 Å². The van der Waals surface area contributed by atoms with E-state index in [1.165, 1.54) is 0 Å². The van der Waals surface area contributed by atoms with Gasteiger partial charge < -0.3 is 0 Å². The zero-order valence-corrected chi connectivity index (χ0v) is 81.2. The highest BCUT2D eigenvalue weighted by Gasteiger charge is 2.47. The van der Waals surface area contributed by atoms with E-state index < -0.39 is 118 Å². The van der Waals surface area contributed by atoms with Crippen LogP contribution in [-0.4, -0.2) is 0 Å². The summed E-state index contributed by atoms with van der Waals surface area (Å²) in [7, 11) is -1.55. The van der Waals surface area contributed by atoms with Gasteiger partial charge in [0.2, 0.25) is 0 Å². The van der Waals surface area contributed by atoms with Crippen molar-refractivity contribution in [2.75, 3.05) is 0 Å². The maximum absolute atomic E-state index is 15.3. The first-order valence-electron chi connectivity index (χ1n) is 11.0. The monoisotopic (exact) mass is 2130 g/mol. The van der Waals surface area contributed by atoms with Crippen molar-refractivity contribution in [2.24, 2.45) is 0 Å². The van der Waals surface area contributed by atoms with E-state index in [0.29, 0.717) is 0 Å². The van der Waals surface area contributed by atoms with Crippen molar-refractivity contribution in [3.8, 4) is 0 Å². The Morgan fingerprint density at radius 2 is 0.254 bits per heavy atom. The Balaban J connectivity index is 8.59. The molecule has 0 aliphatic rings. The molecular weight excluding hydrogens is 2140 g/mol. The summed E-state index contributed by atoms with van der Waals surface area (Å²) in [4.78, 5) is 0. The Morgan fingerprint density at radius 3 is 0.343 bits per heavy atom. The highest BCUT2D eigenvalue weighted by Crippen LogP contribution is 2.44. The first-order chi connectivity index (χ1) is 27.9. The van der Waals surface area contributed by atoms with Gasteiger partial charge in [0.15, 0.2) is 0 Å². The fraction of sp³-hybridized carbons (Fsp3) is 0. The van der Waals surface area contributed by atoms with Gasteiger partial charge in [-0.15, -0.1) is 3.89 Å². The second-order valence-electron chi connectivity index (χ2n) is 8.76. The van der Waals surface area contributed by atoms with Gasteiger partial charge in [0.1, 0.15) is 6.56 Å². The van der Waals surface area contributed by atoms with Crippen LogP contribution in [0.2, 0.25) is 0 Å². The highest BCUT2D eigenvalue weighted by molar-refractivity contribution is 9.80. The first kappa shape index (κ1) is 84.3. The lowest BCUT2D eigenvalue weighted by molar-refractivity contribution is 0.944. The summed E-state index contributed by atoms with van der Waals surface area (Å²) < 4.78 is 15.3. The second kappa shape index (κ2) is 26.4. The van der Waals surface area contributed by atoms with Crippen molar-refractivity contribution in [3.05, 3.63) is 0 Å². The van der Waals surface area contributed by atoms with Crippen LogP contribution in [0.5, 0.6) is 0 Å². The van der Waals surface area contributed by atoms with Crippen LogP contribution in [0.15, 0.2) is 0 Å². The Hall–Kier alpha value is 17.3. The van der Waals surface area contributed by atoms with Crippen molar-refractivity contribution in [2.45, 2.75) is 0 Å². The lowest BCUT2D eigenvalue weighted by atomic mass is 18.9. The molecule has 0 rings (SSSR count). The third kappa shape index (κ3) is 13.3. The van der Waals surface area contributed by atoms with Crippen molar-refractivity contribution in [1.82, 2.24) is 0 Å². The van der Waals surface area contributed by atoms with Crippen molar-refractivity contribution in [1.29, 1.82) is 0 Å². The molecule has 0 spiro atoms. The second-order valence-corrected chi connectivity index (χ2v) is 233. The summed E-state index contributed by atoms with van der Waals surface area (Å²) >= 11 is 257. The molecule has 404 valence electrons. The molecular formula is FS66-. The highest BCUT2D eigenvalue weighted by atomic mass is 34.5. The molecule has 0 atom stereocenters. The standard InChI is InChI=1S/FS66/c1-47(4,5)49(8,9)51(12,13)53(16,17)55(20,21)57(24,25)59(28,29)61(32,33)63(36,37)65(40,41)67(44,45)66(42,43)64(38,39)62(34,35)60(30,31)58(26,27)56(22,23)54(18,19)52(14,15)50(10,11)48(6,7)46(2)3/q-1. The topological polar surface area (TPSA) is 0 Å². The predicted octanol–water partition coefficient (Wildman–Crippen LogP) is 0.262. The van der Waals surface area contributed by atoms with Crippen LogP contribution < -0.4 is 0 Å². The third-order valence-corrected chi connectivity index (χ3v) is 414. The predicted molar refractivity (Wildman–Crippen MR) is 487 cm³/mol. The van der Waals surface area contributed by atoms with Gasteiger partial charge in [0.25, 0.3) is 0 Å². The molecule has 0 aromatic heterocycles. The van der Waals surface area contributed by atoms with Crippen LogP contribution in [0, 0.1) is 0 Å². The average Bonchev–Trinajstić information content (AvgIpc) is 3.09. The van der Waals surface area contributed by atoms with E-state index >= 15 is 3.89 Å².